The van der Waals surface area contributed by atoms with Gasteiger partial charge in [-0.1, -0.05) is 33.3 Å². The molecular weight excluding hydrogens is 254 g/mol. The summed E-state index contributed by atoms with van der Waals surface area (Å²) in [5.41, 5.74) is -0.0910. The molecule has 0 aromatic heterocycles. The summed E-state index contributed by atoms with van der Waals surface area (Å²) < 4.78 is 0. The van der Waals surface area contributed by atoms with Gasteiger partial charge in [0.15, 0.2) is 0 Å². The molecule has 94 valence electrons. The minimum absolute atomic E-state index is 0.0910. The molecule has 0 aromatic carbocycles. The predicted molar refractivity (Wildman–Crippen MR) is 72.7 cm³/mol. The molecule has 1 fully saturated rings. The van der Waals surface area contributed by atoms with E-state index in [1.807, 2.05) is 19.9 Å². The van der Waals surface area contributed by atoms with Crippen LogP contribution < -0.4 is 0 Å². The molecule has 0 saturated heterocycles. The maximum atomic E-state index is 11.2. The van der Waals surface area contributed by atoms with Gasteiger partial charge in [0.25, 0.3) is 0 Å². The lowest BCUT2D eigenvalue weighted by atomic mass is 10.1. The van der Waals surface area contributed by atoms with Crippen LogP contribution >= 0.6 is 23.4 Å². The third-order valence-corrected chi connectivity index (χ3v) is 4.62. The summed E-state index contributed by atoms with van der Waals surface area (Å²) in [6, 6.07) is 2.20. The molecule has 1 rings (SSSR count). The van der Waals surface area contributed by atoms with E-state index >= 15 is 0 Å². The maximum absolute atomic E-state index is 11.2. The van der Waals surface area contributed by atoms with Crippen LogP contribution in [0.4, 0.5) is 0 Å². The zero-order valence-corrected chi connectivity index (χ0v) is 12.1. The Hall–Kier alpha value is -0.460. The molecule has 0 radical (unpaired) electrons. The highest BCUT2D eigenvalue weighted by Gasteiger charge is 2.60. The van der Waals surface area contributed by atoms with E-state index in [-0.39, 0.29) is 22.5 Å². The number of allylic oxidation sites excluding steroid dienone is 2. The molecule has 17 heavy (non-hydrogen) atoms. The second kappa shape index (κ2) is 5.93. The molecule has 0 N–H and O–H groups in total. The van der Waals surface area contributed by atoms with E-state index in [1.54, 1.807) is 11.8 Å². The third kappa shape index (κ3) is 3.50. The summed E-state index contributed by atoms with van der Waals surface area (Å²) in [6.07, 6.45) is 4.16. The van der Waals surface area contributed by atoms with E-state index in [0.29, 0.717) is 0 Å². The number of halogens is 1. The van der Waals surface area contributed by atoms with Gasteiger partial charge in [-0.3, -0.25) is 4.79 Å². The fourth-order valence-corrected chi connectivity index (χ4v) is 3.41. The average molecular weight is 272 g/mol. The Balaban J connectivity index is 2.62. The molecule has 0 aromatic rings. The number of carbonyl (C=O) groups excluding carboxylic acids is 1. The third-order valence-electron chi connectivity index (χ3n) is 3.35. The second-order valence-electron chi connectivity index (χ2n) is 4.97. The Morgan fingerprint density at radius 1 is 1.59 bits per heavy atom. The van der Waals surface area contributed by atoms with Crippen molar-refractivity contribution >= 4 is 28.6 Å². The van der Waals surface area contributed by atoms with Gasteiger partial charge in [-0.15, -0.1) is 11.8 Å². The van der Waals surface area contributed by atoms with Crippen LogP contribution in [0.3, 0.4) is 0 Å². The Bertz CT molecular complexity index is 370. The van der Waals surface area contributed by atoms with Crippen molar-refractivity contribution in [3.05, 3.63) is 11.0 Å². The quantitative estimate of drug-likeness (QED) is 0.417. The number of hydrogen-bond acceptors (Lipinski definition) is 3. The Kier molecular flexibility index (Phi) is 5.09. The number of carbonyl (C=O) groups is 1. The van der Waals surface area contributed by atoms with E-state index in [2.05, 4.69) is 13.0 Å². The van der Waals surface area contributed by atoms with Crippen LogP contribution in [0.5, 0.6) is 0 Å². The molecule has 2 atom stereocenters. The van der Waals surface area contributed by atoms with Crippen molar-refractivity contribution in [2.75, 3.05) is 5.75 Å². The van der Waals surface area contributed by atoms with Crippen LogP contribution in [-0.4, -0.2) is 11.0 Å². The van der Waals surface area contributed by atoms with Crippen molar-refractivity contribution in [1.82, 2.24) is 0 Å². The van der Waals surface area contributed by atoms with Gasteiger partial charge < -0.3 is 0 Å². The molecular formula is C13H18ClNOS. The summed E-state index contributed by atoms with van der Waals surface area (Å²) >= 11 is 7.12. The molecule has 4 heteroatoms. The van der Waals surface area contributed by atoms with Gasteiger partial charge in [-0.05, 0) is 35.1 Å². The van der Waals surface area contributed by atoms with E-state index in [1.165, 1.54) is 0 Å². The van der Waals surface area contributed by atoms with Crippen molar-refractivity contribution < 1.29 is 4.79 Å². The predicted octanol–water partition coefficient (Wildman–Crippen LogP) is 3.96. The topological polar surface area (TPSA) is 40.9 Å². The minimum Gasteiger partial charge on any atom is -0.281 e. The van der Waals surface area contributed by atoms with Gasteiger partial charge in [0, 0.05) is 5.92 Å². The molecule has 0 spiro atoms. The van der Waals surface area contributed by atoms with Crippen molar-refractivity contribution in [3.8, 4) is 6.07 Å². The smallest absolute Gasteiger partial charge is 0.225 e. The Labute approximate surface area is 112 Å². The van der Waals surface area contributed by atoms with Crippen LogP contribution in [-0.2, 0) is 4.79 Å². The highest BCUT2D eigenvalue weighted by atomic mass is 35.5. The van der Waals surface area contributed by atoms with Gasteiger partial charge in [0.05, 0.1) is 4.91 Å². The van der Waals surface area contributed by atoms with E-state index in [4.69, 9.17) is 16.9 Å². The SMILES string of the molecule is CCCCSC(C#N)=C[C@@H]1[C@@H](C(=O)Cl)C1(C)C. The van der Waals surface area contributed by atoms with Crippen molar-refractivity contribution in [1.29, 1.82) is 5.26 Å². The maximum Gasteiger partial charge on any atom is 0.225 e. The number of nitriles is 1. The molecule has 0 bridgehead atoms. The normalized spacial score (nSPS) is 26.4. The molecule has 1 aliphatic carbocycles. The van der Waals surface area contributed by atoms with Gasteiger partial charge in [-0.2, -0.15) is 5.26 Å². The standard InChI is InChI=1S/C13H18ClNOS/c1-4-5-6-17-9(8-15)7-10-11(12(14)16)13(10,2)3/h7,10-11H,4-6H2,1-3H3/t10-,11+/m1/s1. The van der Waals surface area contributed by atoms with Crippen LogP contribution in [0.25, 0.3) is 0 Å². The molecule has 0 heterocycles. The first-order valence-electron chi connectivity index (χ1n) is 5.89. The number of hydrogen-bond donors (Lipinski definition) is 0. The zero-order valence-electron chi connectivity index (χ0n) is 10.5. The average Bonchev–Trinajstić information content (AvgIpc) is 2.79. The first kappa shape index (κ1) is 14.6. The van der Waals surface area contributed by atoms with Gasteiger partial charge in [-0.25, -0.2) is 0 Å². The highest BCUT2D eigenvalue weighted by molar-refractivity contribution is 8.03. The summed E-state index contributed by atoms with van der Waals surface area (Å²) in [5.74, 6) is 0.957. The van der Waals surface area contributed by atoms with Crippen LogP contribution in [0.2, 0.25) is 0 Å². The Morgan fingerprint density at radius 3 is 2.65 bits per heavy atom. The first-order chi connectivity index (χ1) is 7.95. The number of unbranched alkanes of at least 4 members (excludes halogenated alkanes) is 1. The van der Waals surface area contributed by atoms with E-state index < -0.39 is 0 Å². The van der Waals surface area contributed by atoms with Crippen molar-refractivity contribution in [2.45, 2.75) is 33.6 Å². The fourth-order valence-electron chi connectivity index (χ4n) is 2.03. The zero-order chi connectivity index (χ0) is 13.1. The molecule has 0 aliphatic heterocycles. The molecule has 1 aliphatic rings. The van der Waals surface area contributed by atoms with Gasteiger partial charge in [0.2, 0.25) is 5.24 Å². The lowest BCUT2D eigenvalue weighted by Gasteiger charge is -1.99. The van der Waals surface area contributed by atoms with Crippen molar-refractivity contribution in [3.63, 3.8) is 0 Å². The van der Waals surface area contributed by atoms with E-state index in [0.717, 1.165) is 23.5 Å². The minimum atomic E-state index is -0.285. The number of nitrogens with zero attached hydrogens (tertiary/aromatic N) is 1. The monoisotopic (exact) mass is 271 g/mol. The van der Waals surface area contributed by atoms with Gasteiger partial charge >= 0.3 is 0 Å². The van der Waals surface area contributed by atoms with E-state index in [9.17, 15) is 4.79 Å². The van der Waals surface area contributed by atoms with Crippen LogP contribution in [0.15, 0.2) is 11.0 Å². The number of thioether (sulfide) groups is 1. The lowest BCUT2D eigenvalue weighted by molar-refractivity contribution is -0.113. The second-order valence-corrected chi connectivity index (χ2v) is 6.48. The molecule has 1 saturated carbocycles. The first-order valence-corrected chi connectivity index (χ1v) is 7.25. The fraction of sp³-hybridized carbons (Fsp3) is 0.692. The lowest BCUT2D eigenvalue weighted by Crippen LogP contribution is -1.96. The summed E-state index contributed by atoms with van der Waals surface area (Å²) in [7, 11) is 0. The molecule has 0 amide bonds. The molecule has 2 nitrogen and oxygen atoms in total. The summed E-state index contributed by atoms with van der Waals surface area (Å²) in [6.45, 7) is 6.16. The number of rotatable bonds is 6. The summed E-state index contributed by atoms with van der Waals surface area (Å²) in [4.78, 5) is 11.9. The van der Waals surface area contributed by atoms with Crippen molar-refractivity contribution in [2.24, 2.45) is 17.3 Å². The largest absolute Gasteiger partial charge is 0.281 e. The summed E-state index contributed by atoms with van der Waals surface area (Å²) in [5, 5.41) is 8.75. The van der Waals surface area contributed by atoms with Crippen LogP contribution in [0.1, 0.15) is 33.6 Å². The highest BCUT2D eigenvalue weighted by Crippen LogP contribution is 2.60. The Morgan fingerprint density at radius 2 is 2.24 bits per heavy atom. The molecule has 0 unspecified atom stereocenters. The van der Waals surface area contributed by atoms with Crippen LogP contribution in [0, 0.1) is 28.6 Å². The van der Waals surface area contributed by atoms with Gasteiger partial charge in [0.1, 0.15) is 6.07 Å².